The Balaban J connectivity index is 1.63. The lowest BCUT2D eigenvalue weighted by Gasteiger charge is -2.05. The third kappa shape index (κ3) is 5.10. The number of hydrogen-bond acceptors (Lipinski definition) is 7. The second kappa shape index (κ2) is 9.61. The van der Waals surface area contributed by atoms with Gasteiger partial charge in [-0.3, -0.25) is 14.3 Å². The molecule has 0 radical (unpaired) electrons. The van der Waals surface area contributed by atoms with E-state index in [1.807, 2.05) is 6.92 Å². The van der Waals surface area contributed by atoms with E-state index in [1.165, 1.54) is 20.2 Å². The van der Waals surface area contributed by atoms with E-state index in [0.717, 1.165) is 0 Å². The number of carbonyl (C=O) groups excluding carboxylic acids is 3. The van der Waals surface area contributed by atoms with Crippen molar-refractivity contribution in [1.29, 1.82) is 0 Å². The zero-order valence-corrected chi connectivity index (χ0v) is 17.3. The number of aromatic nitrogens is 2. The van der Waals surface area contributed by atoms with Crippen LogP contribution in [0.2, 0.25) is 0 Å². The highest BCUT2D eigenvalue weighted by molar-refractivity contribution is 6.06. The first-order valence-electron chi connectivity index (χ1n) is 9.46. The summed E-state index contributed by atoms with van der Waals surface area (Å²) in [7, 11) is 2.80. The summed E-state index contributed by atoms with van der Waals surface area (Å²) >= 11 is 0. The number of furan rings is 1. The maximum absolute atomic E-state index is 12.5. The second-order valence-electron chi connectivity index (χ2n) is 6.35. The molecule has 0 aliphatic rings. The van der Waals surface area contributed by atoms with Crippen molar-refractivity contribution < 1.29 is 28.3 Å². The highest BCUT2D eigenvalue weighted by Gasteiger charge is 2.20. The Morgan fingerprint density at radius 1 is 1.10 bits per heavy atom. The molecule has 10 heteroatoms. The topological polar surface area (TPSA) is 125 Å². The smallest absolute Gasteiger partial charge is 0.337 e. The highest BCUT2D eigenvalue weighted by Crippen LogP contribution is 2.18. The molecule has 2 amide bonds. The van der Waals surface area contributed by atoms with Crippen molar-refractivity contribution in [3.8, 4) is 5.75 Å². The Morgan fingerprint density at radius 2 is 1.84 bits per heavy atom. The fourth-order valence-electron chi connectivity index (χ4n) is 2.68. The van der Waals surface area contributed by atoms with Crippen molar-refractivity contribution in [3.63, 3.8) is 0 Å². The lowest BCUT2D eigenvalue weighted by molar-refractivity contribution is 0.0600. The molecule has 2 aromatic heterocycles. The van der Waals surface area contributed by atoms with E-state index in [1.54, 1.807) is 41.2 Å². The number of carbonyl (C=O) groups is 3. The zero-order valence-electron chi connectivity index (χ0n) is 17.3. The molecule has 31 heavy (non-hydrogen) atoms. The Hall–Kier alpha value is -4.08. The van der Waals surface area contributed by atoms with Crippen LogP contribution in [0.25, 0.3) is 0 Å². The molecule has 0 saturated heterocycles. The van der Waals surface area contributed by atoms with E-state index in [-0.39, 0.29) is 23.7 Å². The normalized spacial score (nSPS) is 10.4. The molecule has 10 nitrogen and oxygen atoms in total. The van der Waals surface area contributed by atoms with Gasteiger partial charge in [-0.05, 0) is 43.3 Å². The van der Waals surface area contributed by atoms with Crippen LogP contribution in [-0.4, -0.2) is 41.7 Å². The molecule has 0 atom stereocenters. The van der Waals surface area contributed by atoms with Gasteiger partial charge in [0.15, 0.2) is 11.5 Å². The van der Waals surface area contributed by atoms with Gasteiger partial charge in [-0.15, -0.1) is 0 Å². The SMILES string of the molecule is CCn1cc(NC(=O)c2ccc(COc3ccc(C(=O)OC)cc3)o2)c(C(=O)NC)n1. The number of ether oxygens (including phenoxy) is 2. The molecule has 0 fully saturated rings. The molecule has 2 heterocycles. The lowest BCUT2D eigenvalue weighted by atomic mass is 10.2. The number of nitrogens with one attached hydrogen (secondary N) is 2. The largest absolute Gasteiger partial charge is 0.486 e. The third-order valence-electron chi connectivity index (χ3n) is 4.32. The fourth-order valence-corrected chi connectivity index (χ4v) is 2.68. The predicted molar refractivity (Wildman–Crippen MR) is 110 cm³/mol. The number of benzene rings is 1. The highest BCUT2D eigenvalue weighted by atomic mass is 16.5. The number of nitrogens with zero attached hydrogens (tertiary/aromatic N) is 2. The van der Waals surface area contributed by atoms with Crippen molar-refractivity contribution in [2.75, 3.05) is 19.5 Å². The molecule has 162 valence electrons. The van der Waals surface area contributed by atoms with Gasteiger partial charge in [-0.2, -0.15) is 5.10 Å². The van der Waals surface area contributed by atoms with Crippen LogP contribution in [0.1, 0.15) is 44.1 Å². The number of amides is 2. The van der Waals surface area contributed by atoms with Crippen LogP contribution in [0.4, 0.5) is 5.69 Å². The average Bonchev–Trinajstić information content (AvgIpc) is 3.44. The first-order chi connectivity index (χ1) is 14.9. The Morgan fingerprint density at radius 3 is 2.48 bits per heavy atom. The molecule has 0 saturated carbocycles. The van der Waals surface area contributed by atoms with Gasteiger partial charge < -0.3 is 24.5 Å². The van der Waals surface area contributed by atoms with Crippen molar-refractivity contribution >= 4 is 23.5 Å². The molecule has 0 unspecified atom stereocenters. The monoisotopic (exact) mass is 426 g/mol. The maximum Gasteiger partial charge on any atom is 0.337 e. The lowest BCUT2D eigenvalue weighted by Crippen LogP contribution is -2.21. The number of esters is 1. The summed E-state index contributed by atoms with van der Waals surface area (Å²) in [5.41, 5.74) is 0.809. The molecular weight excluding hydrogens is 404 g/mol. The summed E-state index contributed by atoms with van der Waals surface area (Å²) in [6.45, 7) is 2.50. The molecule has 0 aliphatic heterocycles. The quantitative estimate of drug-likeness (QED) is 0.530. The minimum absolute atomic E-state index is 0.0618. The number of hydrogen-bond donors (Lipinski definition) is 2. The molecular formula is C21H22N4O6. The van der Waals surface area contributed by atoms with Crippen LogP contribution in [0.15, 0.2) is 47.0 Å². The number of methoxy groups -OCH3 is 1. The first-order valence-corrected chi connectivity index (χ1v) is 9.46. The van der Waals surface area contributed by atoms with Crippen LogP contribution < -0.4 is 15.4 Å². The summed E-state index contributed by atoms with van der Waals surface area (Å²) in [4.78, 5) is 36.0. The minimum atomic E-state index is -0.519. The molecule has 2 N–H and O–H groups in total. The minimum Gasteiger partial charge on any atom is -0.486 e. The number of anilines is 1. The van der Waals surface area contributed by atoms with Gasteiger partial charge in [-0.1, -0.05) is 0 Å². The van der Waals surface area contributed by atoms with Gasteiger partial charge in [0.1, 0.15) is 18.1 Å². The Labute approximate surface area is 178 Å². The van der Waals surface area contributed by atoms with Crippen LogP contribution in [0, 0.1) is 0 Å². The van der Waals surface area contributed by atoms with E-state index in [4.69, 9.17) is 9.15 Å². The molecule has 3 aromatic rings. The van der Waals surface area contributed by atoms with Gasteiger partial charge in [0.25, 0.3) is 11.8 Å². The van der Waals surface area contributed by atoms with Crippen LogP contribution in [0.5, 0.6) is 5.75 Å². The average molecular weight is 426 g/mol. The standard InChI is InChI=1S/C21H22N4O6/c1-4-25-11-16(18(24-25)20(27)22-2)23-19(26)17-10-9-15(31-17)12-30-14-7-5-13(6-8-14)21(28)29-3/h5-11H,4,12H2,1-3H3,(H,22,27)(H,23,26). The molecule has 0 aliphatic carbocycles. The first kappa shape index (κ1) is 21.6. The van der Waals surface area contributed by atoms with Crippen molar-refractivity contribution in [3.05, 3.63) is 65.4 Å². The van der Waals surface area contributed by atoms with Crippen LogP contribution >= 0.6 is 0 Å². The zero-order chi connectivity index (χ0) is 22.4. The number of aryl methyl sites for hydroxylation is 1. The van der Waals surface area contributed by atoms with Crippen LogP contribution in [-0.2, 0) is 17.9 Å². The summed E-state index contributed by atoms with van der Waals surface area (Å²) in [5, 5.41) is 9.28. The van der Waals surface area contributed by atoms with Crippen molar-refractivity contribution in [2.45, 2.75) is 20.1 Å². The molecule has 0 spiro atoms. The summed E-state index contributed by atoms with van der Waals surface area (Å²) in [6, 6.07) is 9.57. The molecule has 0 bridgehead atoms. The van der Waals surface area contributed by atoms with E-state index >= 15 is 0 Å². The summed E-state index contributed by atoms with van der Waals surface area (Å²) in [5.74, 6) is -0.344. The van der Waals surface area contributed by atoms with E-state index in [9.17, 15) is 14.4 Å². The molecule has 3 rings (SSSR count). The van der Waals surface area contributed by atoms with Crippen LogP contribution in [0.3, 0.4) is 0 Å². The Bertz CT molecular complexity index is 1080. The summed E-state index contributed by atoms with van der Waals surface area (Å²) in [6.07, 6.45) is 1.58. The molecule has 1 aromatic carbocycles. The third-order valence-corrected chi connectivity index (χ3v) is 4.32. The maximum atomic E-state index is 12.5. The van der Waals surface area contributed by atoms with Crippen molar-refractivity contribution in [1.82, 2.24) is 15.1 Å². The van der Waals surface area contributed by atoms with Gasteiger partial charge in [0, 0.05) is 19.8 Å². The fraction of sp³-hybridized carbons (Fsp3) is 0.238. The predicted octanol–water partition coefficient (Wildman–Crippen LogP) is 2.47. The number of rotatable bonds is 8. The van der Waals surface area contributed by atoms with Gasteiger partial charge in [0.05, 0.1) is 18.4 Å². The second-order valence-corrected chi connectivity index (χ2v) is 6.35. The van der Waals surface area contributed by atoms with Gasteiger partial charge >= 0.3 is 5.97 Å². The Kier molecular flexibility index (Phi) is 6.71. The summed E-state index contributed by atoms with van der Waals surface area (Å²) < 4.78 is 17.3. The van der Waals surface area contributed by atoms with Gasteiger partial charge in [-0.25, -0.2) is 4.79 Å². The van der Waals surface area contributed by atoms with Crippen molar-refractivity contribution in [2.24, 2.45) is 0 Å². The van der Waals surface area contributed by atoms with E-state index < -0.39 is 17.8 Å². The van der Waals surface area contributed by atoms with E-state index in [2.05, 4.69) is 20.5 Å². The van der Waals surface area contributed by atoms with Gasteiger partial charge in [0.2, 0.25) is 0 Å². The van der Waals surface area contributed by atoms with E-state index in [0.29, 0.717) is 23.6 Å².